The summed E-state index contributed by atoms with van der Waals surface area (Å²) in [5.41, 5.74) is 1.91. The van der Waals surface area contributed by atoms with Gasteiger partial charge >= 0.3 is 0 Å². The summed E-state index contributed by atoms with van der Waals surface area (Å²) in [5, 5.41) is 0. The number of rotatable bonds is 4. The molecular formula is C10H12F2N2O2. The maximum Gasteiger partial charge on any atom is 0.274 e. The van der Waals surface area contributed by atoms with Crippen molar-refractivity contribution in [3.63, 3.8) is 0 Å². The summed E-state index contributed by atoms with van der Waals surface area (Å²) in [7, 11) is 0. The molecule has 1 amide bonds. The third-order valence-corrected chi connectivity index (χ3v) is 1.97. The topological polar surface area (TPSA) is 64.3 Å². The van der Waals surface area contributed by atoms with Crippen molar-refractivity contribution in [3.05, 3.63) is 29.8 Å². The van der Waals surface area contributed by atoms with E-state index in [1.54, 1.807) is 6.92 Å². The number of halogens is 2. The minimum Gasteiger partial charge on any atom is -0.477 e. The number of nitrogens with two attached hydrogens (primary N) is 1. The van der Waals surface area contributed by atoms with Crippen LogP contribution in [0.3, 0.4) is 0 Å². The summed E-state index contributed by atoms with van der Waals surface area (Å²) < 4.78 is 30.9. The molecule has 88 valence electrons. The first-order chi connectivity index (χ1) is 7.58. The number of benzene rings is 1. The molecule has 1 atom stereocenters. The van der Waals surface area contributed by atoms with E-state index in [0.29, 0.717) is 12.5 Å². The van der Waals surface area contributed by atoms with Crippen LogP contribution in [-0.2, 0) is 4.79 Å². The fourth-order valence-electron chi connectivity index (χ4n) is 1.14. The van der Waals surface area contributed by atoms with Crippen molar-refractivity contribution >= 4 is 5.91 Å². The Morgan fingerprint density at radius 3 is 2.75 bits per heavy atom. The summed E-state index contributed by atoms with van der Waals surface area (Å²) in [6.45, 7) is 1.68. The van der Waals surface area contributed by atoms with Gasteiger partial charge in [-0.15, -0.1) is 0 Å². The molecular weight excluding hydrogens is 218 g/mol. The average molecular weight is 230 g/mol. The van der Waals surface area contributed by atoms with Crippen molar-refractivity contribution in [3.8, 4) is 5.75 Å². The predicted octanol–water partition coefficient (Wildman–Crippen LogP) is 1.11. The van der Waals surface area contributed by atoms with Crippen molar-refractivity contribution in [2.45, 2.75) is 19.4 Å². The highest BCUT2D eigenvalue weighted by Gasteiger charge is 2.18. The summed E-state index contributed by atoms with van der Waals surface area (Å²) in [6, 6.07) is 2.85. The van der Waals surface area contributed by atoms with E-state index >= 15 is 0 Å². The first-order valence-electron chi connectivity index (χ1n) is 4.70. The summed E-state index contributed by atoms with van der Waals surface area (Å²) in [4.78, 5) is 11.2. The maximum atomic E-state index is 13.2. The molecule has 0 saturated heterocycles. The Hall–Kier alpha value is -1.69. The van der Waals surface area contributed by atoms with Gasteiger partial charge in [-0.1, -0.05) is 6.92 Å². The summed E-state index contributed by atoms with van der Waals surface area (Å²) in [5.74, 6) is 2.62. The Labute approximate surface area is 91.4 Å². The van der Waals surface area contributed by atoms with E-state index in [4.69, 9.17) is 10.6 Å². The molecule has 0 bridgehead atoms. The summed E-state index contributed by atoms with van der Waals surface area (Å²) in [6.07, 6.45) is -0.579. The smallest absolute Gasteiger partial charge is 0.274 e. The second kappa shape index (κ2) is 5.41. The molecule has 0 aliphatic heterocycles. The average Bonchev–Trinajstić information content (AvgIpc) is 2.27. The molecule has 0 heterocycles. The maximum absolute atomic E-state index is 13.2. The van der Waals surface area contributed by atoms with E-state index in [9.17, 15) is 13.6 Å². The van der Waals surface area contributed by atoms with Gasteiger partial charge in [0.15, 0.2) is 17.7 Å². The molecule has 0 aromatic heterocycles. The fraction of sp³-hybridized carbons (Fsp3) is 0.300. The normalized spacial score (nSPS) is 12.0. The van der Waals surface area contributed by atoms with Crippen molar-refractivity contribution < 1.29 is 18.3 Å². The van der Waals surface area contributed by atoms with Crippen LogP contribution in [-0.4, -0.2) is 12.0 Å². The van der Waals surface area contributed by atoms with Crippen LogP contribution in [0.15, 0.2) is 18.2 Å². The van der Waals surface area contributed by atoms with E-state index in [1.807, 2.05) is 5.43 Å². The summed E-state index contributed by atoms with van der Waals surface area (Å²) >= 11 is 0. The number of hydrogen-bond donors (Lipinski definition) is 2. The van der Waals surface area contributed by atoms with Crippen LogP contribution in [0, 0.1) is 11.6 Å². The Morgan fingerprint density at radius 1 is 1.56 bits per heavy atom. The molecule has 1 aromatic rings. The first-order valence-corrected chi connectivity index (χ1v) is 4.70. The highest BCUT2D eigenvalue weighted by molar-refractivity contribution is 5.80. The molecule has 0 fully saturated rings. The van der Waals surface area contributed by atoms with Gasteiger partial charge in [-0.25, -0.2) is 14.6 Å². The Morgan fingerprint density at radius 2 is 2.25 bits per heavy atom. The van der Waals surface area contributed by atoms with Crippen LogP contribution in [0.5, 0.6) is 5.75 Å². The molecule has 6 heteroatoms. The number of nitrogens with one attached hydrogen (secondary N) is 1. The van der Waals surface area contributed by atoms with Gasteiger partial charge in [0.1, 0.15) is 5.82 Å². The van der Waals surface area contributed by atoms with Gasteiger partial charge in [0.25, 0.3) is 5.91 Å². The molecule has 1 aromatic carbocycles. The Balaban J connectivity index is 2.82. The van der Waals surface area contributed by atoms with Crippen molar-refractivity contribution in [2.24, 2.45) is 5.84 Å². The molecule has 3 N–H and O–H groups in total. The SMILES string of the molecule is CCC(Oc1ccc(F)cc1F)C(=O)NN. The third kappa shape index (κ3) is 2.90. The first kappa shape index (κ1) is 12.4. The number of amides is 1. The quantitative estimate of drug-likeness (QED) is 0.462. The van der Waals surface area contributed by atoms with Gasteiger partial charge in [0.05, 0.1) is 0 Å². The molecule has 0 spiro atoms. The van der Waals surface area contributed by atoms with Crippen LogP contribution in [0.1, 0.15) is 13.3 Å². The second-order valence-electron chi connectivity index (χ2n) is 3.10. The van der Waals surface area contributed by atoms with E-state index in [0.717, 1.165) is 12.1 Å². The lowest BCUT2D eigenvalue weighted by Crippen LogP contribution is -2.41. The van der Waals surface area contributed by atoms with Gasteiger partial charge < -0.3 is 4.74 Å². The standard InChI is InChI=1S/C10H12F2N2O2/c1-2-8(10(15)14-13)16-9-4-3-6(11)5-7(9)12/h3-5,8H,2,13H2,1H3,(H,14,15). The van der Waals surface area contributed by atoms with Crippen LogP contribution < -0.4 is 16.0 Å². The zero-order valence-electron chi connectivity index (χ0n) is 8.67. The molecule has 0 saturated carbocycles. The van der Waals surface area contributed by atoms with Crippen molar-refractivity contribution in [2.75, 3.05) is 0 Å². The zero-order chi connectivity index (χ0) is 12.1. The monoisotopic (exact) mass is 230 g/mol. The third-order valence-electron chi connectivity index (χ3n) is 1.97. The number of carbonyl (C=O) groups is 1. The Bertz CT molecular complexity index is 385. The minimum absolute atomic E-state index is 0.183. The lowest BCUT2D eigenvalue weighted by Gasteiger charge is -2.15. The number of ether oxygens (including phenoxy) is 1. The zero-order valence-corrected chi connectivity index (χ0v) is 8.67. The Kier molecular flexibility index (Phi) is 4.19. The predicted molar refractivity (Wildman–Crippen MR) is 53.4 cm³/mol. The van der Waals surface area contributed by atoms with Crippen molar-refractivity contribution in [1.29, 1.82) is 0 Å². The highest BCUT2D eigenvalue weighted by atomic mass is 19.1. The van der Waals surface area contributed by atoms with Gasteiger partial charge in [-0.05, 0) is 18.6 Å². The molecule has 1 unspecified atom stereocenters. The van der Waals surface area contributed by atoms with Crippen LogP contribution in [0.2, 0.25) is 0 Å². The number of carbonyl (C=O) groups excluding carboxylic acids is 1. The largest absolute Gasteiger partial charge is 0.477 e. The van der Waals surface area contributed by atoms with E-state index < -0.39 is 23.6 Å². The lowest BCUT2D eigenvalue weighted by molar-refractivity contribution is -0.128. The van der Waals surface area contributed by atoms with Crippen molar-refractivity contribution in [1.82, 2.24) is 5.43 Å². The van der Waals surface area contributed by atoms with Gasteiger partial charge in [-0.3, -0.25) is 10.2 Å². The van der Waals surface area contributed by atoms with E-state index in [-0.39, 0.29) is 5.75 Å². The van der Waals surface area contributed by atoms with E-state index in [1.165, 1.54) is 0 Å². The molecule has 4 nitrogen and oxygen atoms in total. The van der Waals surface area contributed by atoms with E-state index in [2.05, 4.69) is 0 Å². The van der Waals surface area contributed by atoms with Crippen LogP contribution >= 0.6 is 0 Å². The number of hydrazine groups is 1. The van der Waals surface area contributed by atoms with Gasteiger partial charge in [-0.2, -0.15) is 0 Å². The number of hydrogen-bond acceptors (Lipinski definition) is 3. The fourth-order valence-corrected chi connectivity index (χ4v) is 1.14. The highest BCUT2D eigenvalue weighted by Crippen LogP contribution is 2.19. The minimum atomic E-state index is -0.898. The second-order valence-corrected chi connectivity index (χ2v) is 3.10. The lowest BCUT2D eigenvalue weighted by atomic mass is 10.2. The van der Waals surface area contributed by atoms with Crippen LogP contribution in [0.4, 0.5) is 8.78 Å². The molecule has 0 radical (unpaired) electrons. The van der Waals surface area contributed by atoms with Gasteiger partial charge in [0, 0.05) is 6.07 Å². The molecule has 1 rings (SSSR count). The van der Waals surface area contributed by atoms with Gasteiger partial charge in [0.2, 0.25) is 0 Å². The molecule has 0 aliphatic carbocycles. The van der Waals surface area contributed by atoms with Crippen LogP contribution in [0.25, 0.3) is 0 Å². The molecule has 0 aliphatic rings. The molecule has 16 heavy (non-hydrogen) atoms.